The highest BCUT2D eigenvalue weighted by Crippen LogP contribution is 2.12. The van der Waals surface area contributed by atoms with Crippen LogP contribution < -0.4 is 11.1 Å². The first-order valence-corrected chi connectivity index (χ1v) is 5.91. The highest BCUT2D eigenvalue weighted by Gasteiger charge is 2.19. The fourth-order valence-electron chi connectivity index (χ4n) is 1.12. The van der Waals surface area contributed by atoms with Gasteiger partial charge in [-0.1, -0.05) is 12.2 Å². The Bertz CT molecular complexity index is 384. The van der Waals surface area contributed by atoms with E-state index in [9.17, 15) is 0 Å². The molecule has 1 aromatic rings. The third kappa shape index (κ3) is 3.94. The molecule has 0 aromatic carbocycles. The monoisotopic (exact) mass is 252 g/mol. The smallest absolute Gasteiger partial charge is 0.122 e. The zero-order chi connectivity index (χ0) is 13.1. The van der Waals surface area contributed by atoms with Crippen molar-refractivity contribution in [1.29, 1.82) is 0 Å². The Morgan fingerprint density at radius 2 is 2.12 bits per heavy atom. The first kappa shape index (κ1) is 13.9. The molecule has 0 saturated carbocycles. The molecule has 5 heteroatoms. The van der Waals surface area contributed by atoms with E-state index < -0.39 is 0 Å². The van der Waals surface area contributed by atoms with Gasteiger partial charge in [0.05, 0.1) is 17.6 Å². The summed E-state index contributed by atoms with van der Waals surface area (Å²) in [5.74, 6) is 0. The van der Waals surface area contributed by atoms with E-state index in [1.165, 1.54) is 0 Å². The molecular formula is C12H20N4S. The van der Waals surface area contributed by atoms with Gasteiger partial charge >= 0.3 is 0 Å². The Kier molecular flexibility index (Phi) is 4.42. The highest BCUT2D eigenvalue weighted by atomic mass is 32.1. The second-order valence-electron chi connectivity index (χ2n) is 4.86. The van der Waals surface area contributed by atoms with E-state index in [2.05, 4.69) is 43.1 Å². The predicted molar refractivity (Wildman–Crippen MR) is 76.4 cm³/mol. The number of hydrogen-bond acceptors (Lipinski definition) is 4. The van der Waals surface area contributed by atoms with Crippen molar-refractivity contribution in [3.05, 3.63) is 24.0 Å². The first-order valence-electron chi connectivity index (χ1n) is 5.50. The van der Waals surface area contributed by atoms with Gasteiger partial charge in [0.25, 0.3) is 0 Å². The van der Waals surface area contributed by atoms with Gasteiger partial charge in [-0.15, -0.1) is 0 Å². The molecule has 0 aliphatic rings. The molecule has 0 spiro atoms. The summed E-state index contributed by atoms with van der Waals surface area (Å²) in [6.07, 6.45) is 1.75. The molecule has 3 N–H and O–H groups in total. The molecule has 0 amide bonds. The largest absolute Gasteiger partial charge is 0.388 e. The fraction of sp³-hybridized carbons (Fsp3) is 0.500. The Hall–Kier alpha value is -1.20. The maximum atomic E-state index is 5.49. The lowest BCUT2D eigenvalue weighted by Gasteiger charge is -2.33. The molecule has 0 fully saturated rings. The summed E-state index contributed by atoms with van der Waals surface area (Å²) < 4.78 is 0. The van der Waals surface area contributed by atoms with Crippen LogP contribution in [0.25, 0.3) is 0 Å². The molecule has 4 nitrogen and oxygen atoms in total. The molecule has 0 atom stereocenters. The average molecular weight is 252 g/mol. The molecule has 17 heavy (non-hydrogen) atoms. The Morgan fingerprint density at radius 1 is 1.47 bits per heavy atom. The molecular weight excluding hydrogens is 232 g/mol. The number of nitrogens with zero attached hydrogens (tertiary/aromatic N) is 2. The van der Waals surface area contributed by atoms with E-state index in [4.69, 9.17) is 18.0 Å². The van der Waals surface area contributed by atoms with Crippen molar-refractivity contribution < 1.29 is 0 Å². The van der Waals surface area contributed by atoms with Crippen LogP contribution in [0.3, 0.4) is 0 Å². The average Bonchev–Trinajstić information content (AvgIpc) is 2.27. The second-order valence-corrected chi connectivity index (χ2v) is 5.30. The molecule has 0 saturated heterocycles. The number of rotatable bonds is 5. The number of nitrogens with two attached hydrogens (primary N) is 1. The number of thiocarbonyl (C=S) groups is 1. The van der Waals surface area contributed by atoms with Crippen molar-refractivity contribution >= 4 is 22.9 Å². The van der Waals surface area contributed by atoms with Gasteiger partial charge in [0, 0.05) is 12.1 Å². The Balaban J connectivity index is 2.62. The lowest BCUT2D eigenvalue weighted by molar-refractivity contribution is 0.210. The number of pyridine rings is 1. The summed E-state index contributed by atoms with van der Waals surface area (Å²) in [4.78, 5) is 6.68. The third-order valence-corrected chi connectivity index (χ3v) is 3.16. The van der Waals surface area contributed by atoms with Crippen LogP contribution in [0, 0.1) is 0 Å². The lowest BCUT2D eigenvalue weighted by Crippen LogP contribution is -2.44. The topological polar surface area (TPSA) is 54.2 Å². The molecule has 1 aromatic heterocycles. The highest BCUT2D eigenvalue weighted by molar-refractivity contribution is 7.80. The standard InChI is InChI=1S/C12H20N4S/c1-12(2,16(3)4)8-15-9-5-6-10(11(13)17)14-7-9/h5-7,15H,8H2,1-4H3,(H2,13,17). The minimum Gasteiger partial charge on any atom is -0.388 e. The van der Waals surface area contributed by atoms with Gasteiger partial charge in [0.15, 0.2) is 0 Å². The summed E-state index contributed by atoms with van der Waals surface area (Å²) in [5, 5.41) is 3.34. The molecule has 1 heterocycles. The Morgan fingerprint density at radius 3 is 2.53 bits per heavy atom. The zero-order valence-electron chi connectivity index (χ0n) is 10.8. The molecule has 0 aliphatic heterocycles. The maximum absolute atomic E-state index is 5.49. The van der Waals surface area contributed by atoms with Crippen LogP contribution in [0.5, 0.6) is 0 Å². The predicted octanol–water partition coefficient (Wildman–Crippen LogP) is 1.47. The van der Waals surface area contributed by atoms with Gasteiger partial charge in [-0.05, 0) is 40.1 Å². The van der Waals surface area contributed by atoms with Crippen LogP contribution in [-0.2, 0) is 0 Å². The molecule has 94 valence electrons. The van der Waals surface area contributed by atoms with Crippen molar-refractivity contribution in [2.75, 3.05) is 26.0 Å². The molecule has 0 aliphatic carbocycles. The SMILES string of the molecule is CN(C)C(C)(C)CNc1ccc(C(N)=S)nc1. The second kappa shape index (κ2) is 5.42. The van der Waals surface area contributed by atoms with E-state index in [0.717, 1.165) is 12.2 Å². The third-order valence-electron chi connectivity index (χ3n) is 2.95. The Labute approximate surface area is 108 Å². The van der Waals surface area contributed by atoms with Crippen LogP contribution in [0.2, 0.25) is 0 Å². The molecule has 0 radical (unpaired) electrons. The maximum Gasteiger partial charge on any atom is 0.122 e. The summed E-state index contributed by atoms with van der Waals surface area (Å²) in [6.45, 7) is 5.20. The quantitative estimate of drug-likeness (QED) is 0.777. The van der Waals surface area contributed by atoms with E-state index in [1.807, 2.05) is 12.1 Å². The van der Waals surface area contributed by atoms with Gasteiger partial charge < -0.3 is 16.0 Å². The summed E-state index contributed by atoms with van der Waals surface area (Å²) in [7, 11) is 4.13. The number of likely N-dealkylation sites (N-methyl/N-ethyl adjacent to an activating group) is 1. The number of aromatic nitrogens is 1. The number of nitrogens with one attached hydrogen (secondary N) is 1. The van der Waals surface area contributed by atoms with E-state index in [0.29, 0.717) is 10.7 Å². The van der Waals surface area contributed by atoms with E-state index in [1.54, 1.807) is 6.20 Å². The zero-order valence-corrected chi connectivity index (χ0v) is 11.6. The number of hydrogen-bond donors (Lipinski definition) is 2. The van der Waals surface area contributed by atoms with Gasteiger partial charge in [-0.25, -0.2) is 0 Å². The van der Waals surface area contributed by atoms with Crippen LogP contribution in [0.1, 0.15) is 19.5 Å². The van der Waals surface area contributed by atoms with Crippen molar-refractivity contribution in [3.8, 4) is 0 Å². The summed E-state index contributed by atoms with van der Waals surface area (Å²) in [5.41, 5.74) is 7.20. The van der Waals surface area contributed by atoms with Gasteiger partial charge in [-0.3, -0.25) is 4.98 Å². The molecule has 1 rings (SSSR count). The minimum absolute atomic E-state index is 0.0852. The van der Waals surface area contributed by atoms with Crippen LogP contribution in [-0.4, -0.2) is 41.1 Å². The van der Waals surface area contributed by atoms with E-state index >= 15 is 0 Å². The van der Waals surface area contributed by atoms with Crippen molar-refractivity contribution in [3.63, 3.8) is 0 Å². The fourth-order valence-corrected chi connectivity index (χ4v) is 1.24. The van der Waals surface area contributed by atoms with Gasteiger partial charge in [0.1, 0.15) is 4.99 Å². The van der Waals surface area contributed by atoms with E-state index in [-0.39, 0.29) is 5.54 Å². The molecule has 0 bridgehead atoms. The first-order chi connectivity index (χ1) is 7.83. The van der Waals surface area contributed by atoms with Crippen molar-refractivity contribution in [1.82, 2.24) is 9.88 Å². The summed E-state index contributed by atoms with van der Waals surface area (Å²) in [6, 6.07) is 3.76. The minimum atomic E-state index is 0.0852. The van der Waals surface area contributed by atoms with Crippen molar-refractivity contribution in [2.45, 2.75) is 19.4 Å². The normalized spacial score (nSPS) is 11.6. The lowest BCUT2D eigenvalue weighted by atomic mass is 10.0. The summed E-state index contributed by atoms with van der Waals surface area (Å²) >= 11 is 4.85. The number of anilines is 1. The molecule has 0 unspecified atom stereocenters. The van der Waals surface area contributed by atoms with Crippen molar-refractivity contribution in [2.24, 2.45) is 5.73 Å². The van der Waals surface area contributed by atoms with Crippen LogP contribution in [0.4, 0.5) is 5.69 Å². The van der Waals surface area contributed by atoms with Gasteiger partial charge in [0.2, 0.25) is 0 Å². The van der Waals surface area contributed by atoms with Crippen LogP contribution in [0.15, 0.2) is 18.3 Å². The van der Waals surface area contributed by atoms with Crippen LogP contribution >= 0.6 is 12.2 Å². The van der Waals surface area contributed by atoms with Gasteiger partial charge in [-0.2, -0.15) is 0 Å².